The minimum Gasteiger partial charge on any atom is -0.399 e. The van der Waals surface area contributed by atoms with E-state index in [1.165, 1.54) is 4.90 Å². The normalized spacial score (nSPS) is 10.1. The number of primary amides is 1. The minimum atomic E-state index is -0.581. The number of halogens is 1. The van der Waals surface area contributed by atoms with Gasteiger partial charge in [0, 0.05) is 10.7 Å². The van der Waals surface area contributed by atoms with Crippen LogP contribution in [0.1, 0.15) is 0 Å². The van der Waals surface area contributed by atoms with Gasteiger partial charge in [0.1, 0.15) is 0 Å². The van der Waals surface area contributed by atoms with E-state index < -0.39 is 6.03 Å². The van der Waals surface area contributed by atoms with Gasteiger partial charge < -0.3 is 11.5 Å². The van der Waals surface area contributed by atoms with Crippen molar-refractivity contribution in [3.05, 3.63) is 53.6 Å². The van der Waals surface area contributed by atoms with Crippen molar-refractivity contribution in [2.75, 3.05) is 10.6 Å². The van der Waals surface area contributed by atoms with Crippen molar-refractivity contribution in [2.45, 2.75) is 0 Å². The van der Waals surface area contributed by atoms with Gasteiger partial charge in [-0.3, -0.25) is 4.90 Å². The Morgan fingerprint density at radius 1 is 1.06 bits per heavy atom. The second kappa shape index (κ2) is 4.98. The number of carbonyl (C=O) groups is 1. The molecule has 0 aliphatic rings. The van der Waals surface area contributed by atoms with Crippen LogP contribution in [0.3, 0.4) is 0 Å². The molecule has 0 radical (unpaired) electrons. The van der Waals surface area contributed by atoms with Crippen molar-refractivity contribution in [2.24, 2.45) is 5.73 Å². The van der Waals surface area contributed by atoms with Crippen LogP contribution >= 0.6 is 11.6 Å². The van der Waals surface area contributed by atoms with Crippen molar-refractivity contribution < 1.29 is 4.79 Å². The first-order chi connectivity index (χ1) is 8.58. The van der Waals surface area contributed by atoms with E-state index in [0.717, 1.165) is 0 Å². The Morgan fingerprint density at radius 2 is 1.72 bits per heavy atom. The summed E-state index contributed by atoms with van der Waals surface area (Å²) in [5.74, 6) is 0. The number of benzene rings is 2. The van der Waals surface area contributed by atoms with Gasteiger partial charge in [0.15, 0.2) is 0 Å². The maximum absolute atomic E-state index is 11.6. The molecule has 4 N–H and O–H groups in total. The average molecular weight is 262 g/mol. The molecule has 4 nitrogen and oxygen atoms in total. The highest BCUT2D eigenvalue weighted by atomic mass is 35.5. The number of nitrogen functional groups attached to an aromatic ring is 1. The summed E-state index contributed by atoms with van der Waals surface area (Å²) in [6.07, 6.45) is 0. The summed E-state index contributed by atoms with van der Waals surface area (Å²) in [6, 6.07) is 13.2. The Kier molecular flexibility index (Phi) is 3.39. The molecular formula is C13H12ClN3O. The number of anilines is 3. The Bertz CT molecular complexity index is 569. The molecule has 0 atom stereocenters. The van der Waals surface area contributed by atoms with Crippen molar-refractivity contribution >= 4 is 34.7 Å². The highest BCUT2D eigenvalue weighted by molar-refractivity contribution is 6.31. The Labute approximate surface area is 110 Å². The average Bonchev–Trinajstić information content (AvgIpc) is 2.32. The standard InChI is InChI=1S/C13H12ClN3O/c14-9-2-1-3-12(8-9)17(13(16)18)11-6-4-10(15)5-7-11/h1-8H,15H2,(H2,16,18). The fourth-order valence-corrected chi connectivity index (χ4v) is 1.83. The predicted molar refractivity (Wildman–Crippen MR) is 74.0 cm³/mol. The zero-order chi connectivity index (χ0) is 13.1. The van der Waals surface area contributed by atoms with Gasteiger partial charge in [-0.25, -0.2) is 4.79 Å². The van der Waals surface area contributed by atoms with E-state index >= 15 is 0 Å². The molecular weight excluding hydrogens is 250 g/mol. The predicted octanol–water partition coefficient (Wildman–Crippen LogP) is 3.14. The van der Waals surface area contributed by atoms with Crippen LogP contribution < -0.4 is 16.4 Å². The van der Waals surface area contributed by atoms with E-state index in [2.05, 4.69) is 0 Å². The van der Waals surface area contributed by atoms with Crippen LogP contribution in [0.2, 0.25) is 5.02 Å². The number of amides is 2. The third-order valence-electron chi connectivity index (χ3n) is 2.44. The van der Waals surface area contributed by atoms with E-state index in [4.69, 9.17) is 23.1 Å². The van der Waals surface area contributed by atoms with Crippen LogP contribution in [0.4, 0.5) is 21.9 Å². The molecule has 2 rings (SSSR count). The molecule has 0 saturated heterocycles. The topological polar surface area (TPSA) is 72.4 Å². The monoisotopic (exact) mass is 261 g/mol. The molecule has 2 amide bonds. The van der Waals surface area contributed by atoms with Crippen molar-refractivity contribution in [1.82, 2.24) is 0 Å². The van der Waals surface area contributed by atoms with Gasteiger partial charge in [0.05, 0.1) is 11.4 Å². The number of nitrogens with two attached hydrogens (primary N) is 2. The number of carbonyl (C=O) groups excluding carboxylic acids is 1. The highest BCUT2D eigenvalue weighted by Crippen LogP contribution is 2.27. The van der Waals surface area contributed by atoms with Crippen LogP contribution in [0, 0.1) is 0 Å². The van der Waals surface area contributed by atoms with E-state index in [0.29, 0.717) is 22.1 Å². The summed E-state index contributed by atoms with van der Waals surface area (Å²) < 4.78 is 0. The summed E-state index contributed by atoms with van der Waals surface area (Å²) in [4.78, 5) is 12.9. The molecule has 0 fully saturated rings. The van der Waals surface area contributed by atoms with Gasteiger partial charge in [-0.2, -0.15) is 0 Å². The summed E-state index contributed by atoms with van der Waals surface area (Å²) >= 11 is 5.91. The SMILES string of the molecule is NC(=O)N(c1ccc(N)cc1)c1cccc(Cl)c1. The molecule has 0 bridgehead atoms. The van der Waals surface area contributed by atoms with Crippen LogP contribution in [-0.2, 0) is 0 Å². The van der Waals surface area contributed by atoms with E-state index in [1.807, 2.05) is 0 Å². The fraction of sp³-hybridized carbons (Fsp3) is 0. The molecule has 5 heteroatoms. The first-order valence-electron chi connectivity index (χ1n) is 5.28. The Hall–Kier alpha value is -2.20. The fourth-order valence-electron chi connectivity index (χ4n) is 1.64. The maximum atomic E-state index is 11.6. The van der Waals surface area contributed by atoms with Crippen molar-refractivity contribution in [3.63, 3.8) is 0 Å². The summed E-state index contributed by atoms with van der Waals surface area (Å²) in [6.45, 7) is 0. The van der Waals surface area contributed by atoms with Gasteiger partial charge >= 0.3 is 6.03 Å². The number of hydrogen-bond acceptors (Lipinski definition) is 2. The third kappa shape index (κ3) is 2.55. The summed E-state index contributed by atoms with van der Waals surface area (Å²) in [5, 5.41) is 0.536. The minimum absolute atomic E-state index is 0.536. The van der Waals surface area contributed by atoms with Gasteiger partial charge in [-0.05, 0) is 42.5 Å². The first-order valence-corrected chi connectivity index (χ1v) is 5.66. The van der Waals surface area contributed by atoms with Crippen LogP contribution in [0.5, 0.6) is 0 Å². The Morgan fingerprint density at radius 3 is 2.28 bits per heavy atom. The molecule has 0 aliphatic heterocycles. The number of rotatable bonds is 2. The van der Waals surface area contributed by atoms with Crippen LogP contribution in [0.25, 0.3) is 0 Å². The highest BCUT2D eigenvalue weighted by Gasteiger charge is 2.14. The number of hydrogen-bond donors (Lipinski definition) is 2. The second-order valence-corrected chi connectivity index (χ2v) is 4.18. The summed E-state index contributed by atoms with van der Waals surface area (Å²) in [5.41, 5.74) is 12.9. The van der Waals surface area contributed by atoms with Crippen LogP contribution in [0.15, 0.2) is 48.5 Å². The number of nitrogens with zero attached hydrogens (tertiary/aromatic N) is 1. The van der Waals surface area contributed by atoms with Gasteiger partial charge in [-0.1, -0.05) is 17.7 Å². The molecule has 0 spiro atoms. The zero-order valence-electron chi connectivity index (χ0n) is 9.51. The van der Waals surface area contributed by atoms with Crippen LogP contribution in [-0.4, -0.2) is 6.03 Å². The molecule has 18 heavy (non-hydrogen) atoms. The zero-order valence-corrected chi connectivity index (χ0v) is 10.3. The molecule has 2 aromatic rings. The molecule has 92 valence electrons. The van der Waals surface area contributed by atoms with Gasteiger partial charge in [0.25, 0.3) is 0 Å². The smallest absolute Gasteiger partial charge is 0.323 e. The van der Waals surface area contributed by atoms with E-state index in [9.17, 15) is 4.79 Å². The molecule has 0 unspecified atom stereocenters. The largest absolute Gasteiger partial charge is 0.399 e. The molecule has 2 aromatic carbocycles. The molecule has 0 aliphatic carbocycles. The van der Waals surface area contributed by atoms with E-state index in [-0.39, 0.29) is 0 Å². The number of urea groups is 1. The lowest BCUT2D eigenvalue weighted by molar-refractivity contribution is 0.256. The lowest BCUT2D eigenvalue weighted by Crippen LogP contribution is -2.31. The molecule has 0 saturated carbocycles. The van der Waals surface area contributed by atoms with E-state index in [1.54, 1.807) is 48.5 Å². The van der Waals surface area contributed by atoms with Gasteiger partial charge in [-0.15, -0.1) is 0 Å². The maximum Gasteiger partial charge on any atom is 0.323 e. The Balaban J connectivity index is 2.46. The quantitative estimate of drug-likeness (QED) is 0.815. The van der Waals surface area contributed by atoms with Crippen molar-refractivity contribution in [1.29, 1.82) is 0 Å². The molecule has 0 aromatic heterocycles. The summed E-state index contributed by atoms with van der Waals surface area (Å²) in [7, 11) is 0. The first kappa shape index (κ1) is 12.3. The van der Waals surface area contributed by atoms with Gasteiger partial charge in [0.2, 0.25) is 0 Å². The third-order valence-corrected chi connectivity index (χ3v) is 2.67. The van der Waals surface area contributed by atoms with Crippen molar-refractivity contribution in [3.8, 4) is 0 Å². The molecule has 0 heterocycles. The second-order valence-electron chi connectivity index (χ2n) is 3.75. The lowest BCUT2D eigenvalue weighted by Gasteiger charge is -2.20. The lowest BCUT2D eigenvalue weighted by atomic mass is 10.2.